The number of thiophene rings is 1. The van der Waals surface area contributed by atoms with Gasteiger partial charge in [-0.15, -0.1) is 11.3 Å². The summed E-state index contributed by atoms with van der Waals surface area (Å²) in [5.41, 5.74) is 0.288. The van der Waals surface area contributed by atoms with Crippen LogP contribution in [0, 0.1) is 5.82 Å². The molecule has 0 bridgehead atoms. The minimum Gasteiger partial charge on any atom is -0.288 e. The summed E-state index contributed by atoms with van der Waals surface area (Å²) in [6.45, 7) is 0. The van der Waals surface area contributed by atoms with Crippen molar-refractivity contribution in [3.05, 3.63) is 55.4 Å². The van der Waals surface area contributed by atoms with Crippen molar-refractivity contribution in [2.75, 3.05) is 0 Å². The minimum absolute atomic E-state index is 0.264. The van der Waals surface area contributed by atoms with Gasteiger partial charge in [0, 0.05) is 10.0 Å². The number of carbonyl (C=O) groups excluding carboxylic acids is 1. The molecule has 1 aromatic carbocycles. The largest absolute Gasteiger partial charge is 0.288 e. The first kappa shape index (κ1) is 11.8. The van der Waals surface area contributed by atoms with Gasteiger partial charge in [-0.1, -0.05) is 27.5 Å². The van der Waals surface area contributed by atoms with Crippen molar-refractivity contribution in [2.24, 2.45) is 0 Å². The predicted molar refractivity (Wildman–Crippen MR) is 66.9 cm³/mol. The van der Waals surface area contributed by atoms with E-state index in [-0.39, 0.29) is 11.3 Å². The van der Waals surface area contributed by atoms with Crippen LogP contribution in [0.5, 0.6) is 0 Å². The third-order valence-corrected chi connectivity index (χ3v) is 3.75. The Bertz CT molecular complexity index is 532. The molecule has 0 saturated heterocycles. The van der Waals surface area contributed by atoms with Gasteiger partial charge in [0.2, 0.25) is 5.78 Å². The lowest BCUT2D eigenvalue weighted by Crippen LogP contribution is -2.00. The van der Waals surface area contributed by atoms with Crippen LogP contribution in [-0.2, 0) is 0 Å². The van der Waals surface area contributed by atoms with Crippen LogP contribution >= 0.6 is 38.9 Å². The Balaban J connectivity index is 2.45. The first-order valence-electron chi connectivity index (χ1n) is 4.31. The molecule has 2 rings (SSSR count). The molecule has 0 saturated carbocycles. The highest BCUT2D eigenvalue weighted by atomic mass is 79.9. The fraction of sp³-hybridized carbons (Fsp3) is 0. The van der Waals surface area contributed by atoms with Crippen molar-refractivity contribution >= 4 is 44.7 Å². The molecule has 0 amide bonds. The summed E-state index contributed by atoms with van der Waals surface area (Å²) in [5.74, 6) is -0.717. The van der Waals surface area contributed by atoms with Gasteiger partial charge in [0.15, 0.2) is 0 Å². The van der Waals surface area contributed by atoms with Gasteiger partial charge in [0.25, 0.3) is 0 Å². The number of rotatable bonds is 2. The third kappa shape index (κ3) is 2.34. The summed E-state index contributed by atoms with van der Waals surface area (Å²) in [6.07, 6.45) is 0. The normalized spacial score (nSPS) is 10.4. The van der Waals surface area contributed by atoms with Gasteiger partial charge in [0.05, 0.1) is 9.90 Å². The number of ketones is 1. The van der Waals surface area contributed by atoms with Crippen molar-refractivity contribution in [3.8, 4) is 0 Å². The number of hydrogen-bond donors (Lipinski definition) is 0. The molecule has 82 valence electrons. The molecule has 2 aromatic rings. The molecule has 1 aromatic heterocycles. The second kappa shape index (κ2) is 4.65. The highest BCUT2D eigenvalue weighted by molar-refractivity contribution is 9.10. The van der Waals surface area contributed by atoms with E-state index in [1.807, 2.05) is 0 Å². The maximum atomic E-state index is 13.1. The number of hydrogen-bond acceptors (Lipinski definition) is 2. The zero-order chi connectivity index (χ0) is 11.7. The van der Waals surface area contributed by atoms with Crippen molar-refractivity contribution in [2.45, 2.75) is 0 Å². The maximum absolute atomic E-state index is 13.1. The molecule has 0 unspecified atom stereocenters. The Morgan fingerprint density at radius 3 is 2.69 bits per heavy atom. The summed E-state index contributed by atoms with van der Waals surface area (Å²) in [7, 11) is 0. The maximum Gasteiger partial charge on any atom is 0.204 e. The Kier molecular flexibility index (Phi) is 3.42. The van der Waals surface area contributed by atoms with Gasteiger partial charge < -0.3 is 0 Å². The van der Waals surface area contributed by atoms with Gasteiger partial charge in [-0.05, 0) is 29.6 Å². The highest BCUT2D eigenvalue weighted by Crippen LogP contribution is 2.26. The first-order valence-corrected chi connectivity index (χ1v) is 6.37. The average Bonchev–Trinajstić information content (AvgIpc) is 2.62. The lowest BCUT2D eigenvalue weighted by molar-refractivity contribution is 0.104. The van der Waals surface area contributed by atoms with Gasteiger partial charge >= 0.3 is 0 Å². The van der Waals surface area contributed by atoms with Crippen molar-refractivity contribution in [1.29, 1.82) is 0 Å². The second-order valence-electron chi connectivity index (χ2n) is 3.08. The summed E-state index contributed by atoms with van der Waals surface area (Å²) in [5, 5.41) is 2.12. The van der Waals surface area contributed by atoms with E-state index in [9.17, 15) is 9.18 Å². The molecule has 0 fully saturated rings. The summed E-state index contributed by atoms with van der Waals surface area (Å²) < 4.78 is 13.6. The Morgan fingerprint density at radius 1 is 1.38 bits per heavy atom. The van der Waals surface area contributed by atoms with Crippen LogP contribution in [0.25, 0.3) is 0 Å². The van der Waals surface area contributed by atoms with E-state index in [0.717, 1.165) is 0 Å². The fourth-order valence-electron chi connectivity index (χ4n) is 1.27. The number of halogens is 3. The van der Waals surface area contributed by atoms with Gasteiger partial charge in [0.1, 0.15) is 5.82 Å². The third-order valence-electron chi connectivity index (χ3n) is 1.95. The summed E-state index contributed by atoms with van der Waals surface area (Å²) in [6, 6.07) is 5.71. The van der Waals surface area contributed by atoms with Crippen LogP contribution in [0.2, 0.25) is 5.02 Å². The molecule has 1 heterocycles. The monoisotopic (exact) mass is 318 g/mol. The molecule has 16 heavy (non-hydrogen) atoms. The van der Waals surface area contributed by atoms with E-state index in [1.54, 1.807) is 17.5 Å². The van der Waals surface area contributed by atoms with Gasteiger partial charge in [-0.25, -0.2) is 4.39 Å². The van der Waals surface area contributed by atoms with E-state index in [1.165, 1.54) is 23.5 Å². The number of carbonyl (C=O) groups is 1. The molecule has 0 aliphatic carbocycles. The van der Waals surface area contributed by atoms with E-state index in [4.69, 9.17) is 11.6 Å². The van der Waals surface area contributed by atoms with Crippen LogP contribution in [0.15, 0.2) is 34.1 Å². The lowest BCUT2D eigenvalue weighted by atomic mass is 10.1. The van der Waals surface area contributed by atoms with Crippen LogP contribution < -0.4 is 0 Å². The quantitative estimate of drug-likeness (QED) is 0.743. The van der Waals surface area contributed by atoms with Crippen molar-refractivity contribution in [3.63, 3.8) is 0 Å². The molecule has 0 atom stereocenters. The molecule has 0 aliphatic rings. The number of benzene rings is 1. The zero-order valence-corrected chi connectivity index (χ0v) is 11.0. The average molecular weight is 320 g/mol. The van der Waals surface area contributed by atoms with Crippen molar-refractivity contribution < 1.29 is 9.18 Å². The van der Waals surface area contributed by atoms with Crippen LogP contribution in [0.1, 0.15) is 15.2 Å². The topological polar surface area (TPSA) is 17.1 Å². The smallest absolute Gasteiger partial charge is 0.204 e. The summed E-state index contributed by atoms with van der Waals surface area (Å²) >= 11 is 10.2. The van der Waals surface area contributed by atoms with E-state index in [2.05, 4.69) is 15.9 Å². The predicted octanol–water partition coefficient (Wildman–Crippen LogP) is 4.53. The zero-order valence-electron chi connectivity index (χ0n) is 7.84. The Labute approximate surface area is 109 Å². The molecule has 0 aliphatic heterocycles. The van der Waals surface area contributed by atoms with Crippen LogP contribution in [0.4, 0.5) is 4.39 Å². The lowest BCUT2D eigenvalue weighted by Gasteiger charge is -2.00. The Morgan fingerprint density at radius 2 is 2.12 bits per heavy atom. The summed E-state index contributed by atoms with van der Waals surface area (Å²) in [4.78, 5) is 12.4. The molecule has 1 nitrogen and oxygen atoms in total. The van der Waals surface area contributed by atoms with Gasteiger partial charge in [-0.3, -0.25) is 4.79 Å². The standard InChI is InChI=1S/C11H5BrClFOS/c12-7-3-6(4-8(14)5-7)10(15)11-9(13)1-2-16-11/h1-5H. The fourth-order valence-corrected chi connectivity index (χ4v) is 2.84. The van der Waals surface area contributed by atoms with Crippen molar-refractivity contribution in [1.82, 2.24) is 0 Å². The first-order chi connectivity index (χ1) is 7.58. The molecule has 0 N–H and O–H groups in total. The molecular weight excluding hydrogens is 315 g/mol. The minimum atomic E-state index is -0.453. The Hall–Kier alpha value is -0.710. The van der Waals surface area contributed by atoms with Crippen LogP contribution in [0.3, 0.4) is 0 Å². The molecule has 0 spiro atoms. The van der Waals surface area contributed by atoms with E-state index < -0.39 is 5.82 Å². The molecule has 0 radical (unpaired) electrons. The van der Waals surface area contributed by atoms with E-state index in [0.29, 0.717) is 14.4 Å². The molecule has 5 heteroatoms. The van der Waals surface area contributed by atoms with E-state index >= 15 is 0 Å². The van der Waals surface area contributed by atoms with Gasteiger partial charge in [-0.2, -0.15) is 0 Å². The van der Waals surface area contributed by atoms with Crippen LogP contribution in [-0.4, -0.2) is 5.78 Å². The molecular formula is C11H5BrClFOS. The SMILES string of the molecule is O=C(c1cc(F)cc(Br)c1)c1sccc1Cl. The highest BCUT2D eigenvalue weighted by Gasteiger charge is 2.15. The second-order valence-corrected chi connectivity index (χ2v) is 5.32.